The maximum absolute atomic E-state index is 10.5. The van der Waals surface area contributed by atoms with E-state index in [4.69, 9.17) is 9.47 Å². The number of aldehydes is 1. The smallest absolute Gasteiger partial charge is 0.502 e. The Hall–Kier alpha value is -0.710. The Morgan fingerprint density at radius 1 is 1.21 bits per heavy atom. The average Bonchev–Trinajstić information content (AvgIpc) is 2.18. The van der Waals surface area contributed by atoms with Crippen LogP contribution < -0.4 is 39.0 Å². The number of carbonyl (C=O) groups is 1. The van der Waals surface area contributed by atoms with E-state index < -0.39 is 0 Å². The number of aromatic hydroxyl groups is 1. The normalized spacial score (nSPS) is 8.71. The SMILES string of the molecule is COc1cc(C=O)cc(OC)c1O.[Na+]. The first-order valence-corrected chi connectivity index (χ1v) is 3.63. The molecule has 0 fully saturated rings. The molecule has 14 heavy (non-hydrogen) atoms. The van der Waals surface area contributed by atoms with Gasteiger partial charge in [-0.05, 0) is 12.1 Å². The largest absolute Gasteiger partial charge is 1.00 e. The minimum Gasteiger partial charge on any atom is -0.502 e. The van der Waals surface area contributed by atoms with Gasteiger partial charge in [0.15, 0.2) is 11.5 Å². The predicted octanol–water partition coefficient (Wildman–Crippen LogP) is -1.77. The molecule has 0 aliphatic heterocycles. The second kappa shape index (κ2) is 5.90. The van der Waals surface area contributed by atoms with Crippen molar-refractivity contribution >= 4 is 6.29 Å². The average molecular weight is 205 g/mol. The van der Waals surface area contributed by atoms with Crippen LogP contribution in [-0.4, -0.2) is 25.6 Å². The Bertz CT molecular complexity index is 300. The molecule has 0 aliphatic rings. The summed E-state index contributed by atoms with van der Waals surface area (Å²) >= 11 is 0. The Kier molecular flexibility index (Phi) is 5.60. The number of rotatable bonds is 3. The molecule has 0 atom stereocenters. The van der Waals surface area contributed by atoms with Crippen LogP contribution in [0.1, 0.15) is 10.4 Å². The molecule has 1 aromatic carbocycles. The Balaban J connectivity index is 0.00000169. The van der Waals surface area contributed by atoms with E-state index in [0.29, 0.717) is 11.8 Å². The minimum atomic E-state index is -0.101. The minimum absolute atomic E-state index is 0. The number of hydrogen-bond acceptors (Lipinski definition) is 4. The molecule has 0 unspecified atom stereocenters. The van der Waals surface area contributed by atoms with Crippen LogP contribution in [0.5, 0.6) is 17.2 Å². The molecular formula is C9H10NaO4+. The van der Waals surface area contributed by atoms with Crippen molar-refractivity contribution in [3.63, 3.8) is 0 Å². The van der Waals surface area contributed by atoms with Crippen molar-refractivity contribution < 1.29 is 48.9 Å². The summed E-state index contributed by atoms with van der Waals surface area (Å²) in [6, 6.07) is 2.87. The zero-order valence-corrected chi connectivity index (χ0v) is 10.4. The van der Waals surface area contributed by atoms with Crippen molar-refractivity contribution in [3.8, 4) is 17.2 Å². The van der Waals surface area contributed by atoms with E-state index in [-0.39, 0.29) is 46.8 Å². The summed E-state index contributed by atoms with van der Waals surface area (Å²) in [6.07, 6.45) is 0.657. The molecule has 70 valence electrons. The van der Waals surface area contributed by atoms with Gasteiger partial charge in [0.2, 0.25) is 5.75 Å². The number of phenolic OH excluding ortho intramolecular Hbond substituents is 1. The second-order valence-electron chi connectivity index (χ2n) is 2.39. The van der Waals surface area contributed by atoms with E-state index in [0.717, 1.165) is 0 Å². The van der Waals surface area contributed by atoms with E-state index >= 15 is 0 Å². The summed E-state index contributed by atoms with van der Waals surface area (Å²) < 4.78 is 9.68. The number of carbonyl (C=O) groups excluding carboxylic acids is 1. The first-order chi connectivity index (χ1) is 6.22. The molecule has 0 bridgehead atoms. The van der Waals surface area contributed by atoms with Gasteiger partial charge in [0, 0.05) is 5.56 Å². The maximum Gasteiger partial charge on any atom is 1.00 e. The summed E-state index contributed by atoms with van der Waals surface area (Å²) in [4.78, 5) is 10.5. The van der Waals surface area contributed by atoms with Crippen molar-refractivity contribution in [1.82, 2.24) is 0 Å². The zero-order chi connectivity index (χ0) is 9.84. The third kappa shape index (κ3) is 2.64. The van der Waals surface area contributed by atoms with E-state index in [1.165, 1.54) is 26.4 Å². The number of benzene rings is 1. The number of hydrogen-bond donors (Lipinski definition) is 1. The van der Waals surface area contributed by atoms with Crippen LogP contribution in [0, 0.1) is 0 Å². The second-order valence-corrected chi connectivity index (χ2v) is 2.39. The van der Waals surface area contributed by atoms with Crippen LogP contribution >= 0.6 is 0 Å². The number of ether oxygens (including phenoxy) is 2. The van der Waals surface area contributed by atoms with Crippen molar-refractivity contribution in [2.75, 3.05) is 14.2 Å². The Morgan fingerprint density at radius 2 is 1.64 bits per heavy atom. The number of methoxy groups -OCH3 is 2. The molecule has 0 amide bonds. The van der Waals surface area contributed by atoms with Gasteiger partial charge < -0.3 is 14.6 Å². The van der Waals surface area contributed by atoms with E-state index in [2.05, 4.69) is 0 Å². The number of phenols is 1. The van der Waals surface area contributed by atoms with Gasteiger partial charge in [-0.1, -0.05) is 0 Å². The van der Waals surface area contributed by atoms with Crippen LogP contribution in [0.3, 0.4) is 0 Å². The summed E-state index contributed by atoms with van der Waals surface area (Å²) in [6.45, 7) is 0. The zero-order valence-electron chi connectivity index (χ0n) is 8.40. The molecule has 0 heterocycles. The summed E-state index contributed by atoms with van der Waals surface area (Å²) in [5.41, 5.74) is 0.395. The maximum atomic E-state index is 10.5. The molecule has 0 radical (unpaired) electrons. The standard InChI is InChI=1S/C9H10O4.Na/c1-12-7-3-6(5-10)4-8(13-2)9(7)11;/h3-5,11H,1-2H3;/q;+1. The first-order valence-electron chi connectivity index (χ1n) is 3.63. The van der Waals surface area contributed by atoms with Crippen LogP contribution in [0.2, 0.25) is 0 Å². The molecule has 1 N–H and O–H groups in total. The Labute approximate surface area is 104 Å². The van der Waals surface area contributed by atoms with E-state index in [1.807, 2.05) is 0 Å². The van der Waals surface area contributed by atoms with Gasteiger partial charge in [0.05, 0.1) is 14.2 Å². The Morgan fingerprint density at radius 3 is 1.93 bits per heavy atom. The fraction of sp³-hybridized carbons (Fsp3) is 0.222. The molecule has 5 heteroatoms. The van der Waals surface area contributed by atoms with Crippen molar-refractivity contribution in [2.45, 2.75) is 0 Å². The summed E-state index contributed by atoms with van der Waals surface area (Å²) in [7, 11) is 2.81. The molecule has 0 aromatic heterocycles. The molecule has 0 aliphatic carbocycles. The third-order valence-corrected chi connectivity index (χ3v) is 1.64. The molecule has 1 rings (SSSR count). The van der Waals surface area contributed by atoms with Gasteiger partial charge in [0.1, 0.15) is 6.29 Å². The fourth-order valence-corrected chi connectivity index (χ4v) is 0.982. The van der Waals surface area contributed by atoms with Crippen LogP contribution in [0.25, 0.3) is 0 Å². The van der Waals surface area contributed by atoms with Gasteiger partial charge in [-0.15, -0.1) is 0 Å². The summed E-state index contributed by atoms with van der Waals surface area (Å²) in [5.74, 6) is 0.346. The molecule has 0 saturated carbocycles. The molecule has 4 nitrogen and oxygen atoms in total. The molecule has 0 saturated heterocycles. The van der Waals surface area contributed by atoms with E-state index in [9.17, 15) is 9.90 Å². The molecular weight excluding hydrogens is 195 g/mol. The van der Waals surface area contributed by atoms with Gasteiger partial charge in [0.25, 0.3) is 0 Å². The first kappa shape index (κ1) is 13.3. The molecule has 1 aromatic rings. The van der Waals surface area contributed by atoms with Crippen LogP contribution in [0.4, 0.5) is 0 Å². The topological polar surface area (TPSA) is 55.8 Å². The molecule has 0 spiro atoms. The van der Waals surface area contributed by atoms with E-state index in [1.54, 1.807) is 0 Å². The quantitative estimate of drug-likeness (QED) is 0.468. The van der Waals surface area contributed by atoms with Crippen LogP contribution in [0.15, 0.2) is 12.1 Å². The van der Waals surface area contributed by atoms with Crippen molar-refractivity contribution in [2.24, 2.45) is 0 Å². The fourth-order valence-electron chi connectivity index (χ4n) is 0.982. The monoisotopic (exact) mass is 205 g/mol. The van der Waals surface area contributed by atoms with Crippen molar-refractivity contribution in [1.29, 1.82) is 0 Å². The van der Waals surface area contributed by atoms with Gasteiger partial charge >= 0.3 is 29.6 Å². The summed E-state index contributed by atoms with van der Waals surface area (Å²) in [5, 5.41) is 9.44. The predicted molar refractivity (Wildman–Crippen MR) is 46.6 cm³/mol. The van der Waals surface area contributed by atoms with Crippen LogP contribution in [-0.2, 0) is 0 Å². The van der Waals surface area contributed by atoms with Gasteiger partial charge in [-0.25, -0.2) is 0 Å². The van der Waals surface area contributed by atoms with Gasteiger partial charge in [-0.3, -0.25) is 4.79 Å². The van der Waals surface area contributed by atoms with Crippen molar-refractivity contribution in [3.05, 3.63) is 17.7 Å². The third-order valence-electron chi connectivity index (χ3n) is 1.64. The van der Waals surface area contributed by atoms with Gasteiger partial charge in [-0.2, -0.15) is 0 Å².